The SMILES string of the molecule is CCOc1cc(/C=C(\Cl)c2nnc(C(=O)Nc3ccccc3)s2)cc(Br)c1OC. The molecule has 9 heteroatoms. The van der Waals surface area contributed by atoms with Crippen molar-refractivity contribution >= 4 is 61.6 Å². The van der Waals surface area contributed by atoms with Crippen LogP contribution in [0.1, 0.15) is 27.3 Å². The molecule has 0 unspecified atom stereocenters. The molecule has 0 atom stereocenters. The maximum atomic E-state index is 12.3. The van der Waals surface area contributed by atoms with E-state index in [1.54, 1.807) is 25.3 Å². The van der Waals surface area contributed by atoms with Crippen molar-refractivity contribution in [1.82, 2.24) is 10.2 Å². The van der Waals surface area contributed by atoms with Crippen LogP contribution in [0.2, 0.25) is 0 Å². The minimum atomic E-state index is -0.338. The van der Waals surface area contributed by atoms with Crippen LogP contribution in [0, 0.1) is 0 Å². The number of amides is 1. The molecular formula is C20H17BrClN3O3S. The number of carbonyl (C=O) groups excluding carboxylic acids is 1. The molecule has 150 valence electrons. The Kier molecular flexibility index (Phi) is 7.24. The fourth-order valence-corrected chi connectivity index (χ4v) is 4.01. The highest BCUT2D eigenvalue weighted by atomic mass is 79.9. The lowest BCUT2D eigenvalue weighted by atomic mass is 10.2. The van der Waals surface area contributed by atoms with Crippen LogP contribution in [0.3, 0.4) is 0 Å². The van der Waals surface area contributed by atoms with Gasteiger partial charge in [0, 0.05) is 5.69 Å². The number of methoxy groups -OCH3 is 1. The summed E-state index contributed by atoms with van der Waals surface area (Å²) >= 11 is 11.0. The first-order valence-corrected chi connectivity index (χ1v) is 10.6. The van der Waals surface area contributed by atoms with E-state index in [0.29, 0.717) is 33.8 Å². The molecule has 0 fully saturated rings. The van der Waals surface area contributed by atoms with Gasteiger partial charge in [0.1, 0.15) is 0 Å². The molecule has 1 N–H and O–H groups in total. The largest absolute Gasteiger partial charge is 0.492 e. The van der Waals surface area contributed by atoms with E-state index in [2.05, 4.69) is 31.4 Å². The molecule has 0 spiro atoms. The number of rotatable bonds is 7. The van der Waals surface area contributed by atoms with Crippen LogP contribution in [0.4, 0.5) is 5.69 Å². The van der Waals surface area contributed by atoms with E-state index in [4.69, 9.17) is 21.1 Å². The van der Waals surface area contributed by atoms with Gasteiger partial charge in [-0.1, -0.05) is 41.1 Å². The Morgan fingerprint density at radius 3 is 2.66 bits per heavy atom. The van der Waals surface area contributed by atoms with Crippen molar-refractivity contribution in [3.63, 3.8) is 0 Å². The van der Waals surface area contributed by atoms with E-state index in [1.807, 2.05) is 37.3 Å². The Bertz CT molecular complexity index is 1040. The van der Waals surface area contributed by atoms with Gasteiger partial charge in [0.2, 0.25) is 5.01 Å². The summed E-state index contributed by atoms with van der Waals surface area (Å²) in [6, 6.07) is 12.8. The van der Waals surface area contributed by atoms with E-state index < -0.39 is 0 Å². The molecule has 1 amide bonds. The number of ether oxygens (including phenoxy) is 2. The van der Waals surface area contributed by atoms with Gasteiger partial charge in [-0.2, -0.15) is 0 Å². The fraction of sp³-hybridized carbons (Fsp3) is 0.150. The number of nitrogens with one attached hydrogen (secondary N) is 1. The minimum absolute atomic E-state index is 0.223. The van der Waals surface area contributed by atoms with Crippen molar-refractivity contribution in [1.29, 1.82) is 0 Å². The van der Waals surface area contributed by atoms with E-state index >= 15 is 0 Å². The summed E-state index contributed by atoms with van der Waals surface area (Å²) in [5.41, 5.74) is 1.47. The van der Waals surface area contributed by atoms with Crippen LogP contribution in [-0.4, -0.2) is 29.8 Å². The van der Waals surface area contributed by atoms with Crippen molar-refractivity contribution in [2.45, 2.75) is 6.92 Å². The van der Waals surface area contributed by atoms with Crippen LogP contribution in [0.25, 0.3) is 11.1 Å². The monoisotopic (exact) mass is 493 g/mol. The van der Waals surface area contributed by atoms with Gasteiger partial charge in [-0.05, 0) is 58.8 Å². The summed E-state index contributed by atoms with van der Waals surface area (Å²) in [6.07, 6.45) is 1.73. The molecule has 0 saturated heterocycles. The summed E-state index contributed by atoms with van der Waals surface area (Å²) in [4.78, 5) is 12.3. The molecule has 2 aromatic carbocycles. The summed E-state index contributed by atoms with van der Waals surface area (Å²) in [5.74, 6) is 0.867. The highest BCUT2D eigenvalue weighted by Crippen LogP contribution is 2.38. The molecule has 0 aliphatic heterocycles. The summed E-state index contributed by atoms with van der Waals surface area (Å²) in [5, 5.41) is 11.8. The molecule has 6 nitrogen and oxygen atoms in total. The Labute approximate surface area is 185 Å². The molecule has 0 bridgehead atoms. The van der Waals surface area contributed by atoms with Crippen molar-refractivity contribution in [3.05, 3.63) is 62.5 Å². The predicted octanol–water partition coefficient (Wildman–Crippen LogP) is 5.70. The Balaban J connectivity index is 1.81. The maximum absolute atomic E-state index is 12.3. The molecule has 0 aliphatic carbocycles. The van der Waals surface area contributed by atoms with Gasteiger partial charge < -0.3 is 14.8 Å². The average molecular weight is 495 g/mol. The predicted molar refractivity (Wildman–Crippen MR) is 120 cm³/mol. The lowest BCUT2D eigenvalue weighted by Crippen LogP contribution is -2.11. The molecule has 1 heterocycles. The average Bonchev–Trinajstić information content (AvgIpc) is 3.19. The number of carbonyl (C=O) groups is 1. The first-order valence-electron chi connectivity index (χ1n) is 8.59. The number of halogens is 2. The summed E-state index contributed by atoms with van der Waals surface area (Å²) in [7, 11) is 1.58. The number of nitrogens with zero attached hydrogens (tertiary/aromatic N) is 2. The van der Waals surface area contributed by atoms with Gasteiger partial charge in [0.25, 0.3) is 5.91 Å². The fourth-order valence-electron chi connectivity index (χ4n) is 2.46. The molecule has 0 radical (unpaired) electrons. The van der Waals surface area contributed by atoms with Crippen molar-refractivity contribution < 1.29 is 14.3 Å². The Morgan fingerprint density at radius 2 is 1.97 bits per heavy atom. The number of aromatic nitrogens is 2. The third-order valence-electron chi connectivity index (χ3n) is 3.68. The van der Waals surface area contributed by atoms with Crippen LogP contribution in [-0.2, 0) is 0 Å². The van der Waals surface area contributed by atoms with Gasteiger partial charge in [-0.3, -0.25) is 4.79 Å². The molecule has 29 heavy (non-hydrogen) atoms. The van der Waals surface area contributed by atoms with E-state index in [-0.39, 0.29) is 10.9 Å². The number of benzene rings is 2. The third-order valence-corrected chi connectivity index (χ3v) is 5.63. The smallest absolute Gasteiger partial charge is 0.286 e. The summed E-state index contributed by atoms with van der Waals surface area (Å²) in [6.45, 7) is 2.39. The second kappa shape index (κ2) is 9.87. The molecule has 0 saturated carbocycles. The van der Waals surface area contributed by atoms with Crippen LogP contribution in [0.5, 0.6) is 11.5 Å². The van der Waals surface area contributed by atoms with Gasteiger partial charge in [0.15, 0.2) is 16.5 Å². The molecular weight excluding hydrogens is 478 g/mol. The zero-order valence-electron chi connectivity index (χ0n) is 15.6. The van der Waals surface area contributed by atoms with Crippen molar-refractivity contribution in [2.24, 2.45) is 0 Å². The molecule has 1 aromatic heterocycles. The summed E-state index contributed by atoms with van der Waals surface area (Å²) < 4.78 is 11.7. The van der Waals surface area contributed by atoms with Crippen LogP contribution < -0.4 is 14.8 Å². The molecule has 3 aromatic rings. The lowest BCUT2D eigenvalue weighted by Gasteiger charge is -2.12. The van der Waals surface area contributed by atoms with Crippen LogP contribution in [0.15, 0.2) is 46.9 Å². The minimum Gasteiger partial charge on any atom is -0.492 e. The van der Waals surface area contributed by atoms with Crippen molar-refractivity contribution in [3.8, 4) is 11.5 Å². The number of anilines is 1. The second-order valence-electron chi connectivity index (χ2n) is 5.69. The second-order valence-corrected chi connectivity index (χ2v) is 7.93. The lowest BCUT2D eigenvalue weighted by molar-refractivity contribution is 0.102. The van der Waals surface area contributed by atoms with E-state index in [0.717, 1.165) is 21.4 Å². The Hall–Kier alpha value is -2.42. The third kappa shape index (κ3) is 5.35. The quantitative estimate of drug-likeness (QED) is 0.456. The van der Waals surface area contributed by atoms with Gasteiger partial charge in [-0.15, -0.1) is 10.2 Å². The Morgan fingerprint density at radius 1 is 1.24 bits per heavy atom. The first kappa shape index (κ1) is 21.3. The first-order chi connectivity index (χ1) is 14.0. The van der Waals surface area contributed by atoms with Crippen molar-refractivity contribution in [2.75, 3.05) is 19.0 Å². The van der Waals surface area contributed by atoms with Crippen LogP contribution >= 0.6 is 38.9 Å². The number of para-hydroxylation sites is 1. The zero-order chi connectivity index (χ0) is 20.8. The zero-order valence-corrected chi connectivity index (χ0v) is 18.8. The topological polar surface area (TPSA) is 73.3 Å². The number of hydrogen-bond acceptors (Lipinski definition) is 6. The van der Waals surface area contributed by atoms with E-state index in [1.165, 1.54) is 0 Å². The highest BCUT2D eigenvalue weighted by Gasteiger charge is 2.16. The standard InChI is InChI=1S/C20H17BrClN3O3S/c1-3-28-16-11-12(9-14(21)17(16)27-2)10-15(22)19-24-25-20(29-19)18(26)23-13-7-5-4-6-8-13/h4-11H,3H2,1-2H3,(H,23,26)/b15-10-. The van der Waals surface area contributed by atoms with Gasteiger partial charge >= 0.3 is 0 Å². The molecule has 0 aliphatic rings. The van der Waals surface area contributed by atoms with Gasteiger partial charge in [-0.25, -0.2) is 0 Å². The van der Waals surface area contributed by atoms with E-state index in [9.17, 15) is 4.79 Å². The van der Waals surface area contributed by atoms with Gasteiger partial charge in [0.05, 0.1) is 23.2 Å². The molecule has 3 rings (SSSR count). The normalized spacial score (nSPS) is 11.2. The number of hydrogen-bond donors (Lipinski definition) is 1. The maximum Gasteiger partial charge on any atom is 0.286 e. The highest BCUT2D eigenvalue weighted by molar-refractivity contribution is 9.10.